The van der Waals surface area contributed by atoms with Gasteiger partial charge in [0.2, 0.25) is 0 Å². The Balaban J connectivity index is 2.36. The molecule has 3 heteroatoms. The molecule has 0 aliphatic carbocycles. The van der Waals surface area contributed by atoms with Crippen molar-refractivity contribution in [3.05, 3.63) is 65.4 Å². The summed E-state index contributed by atoms with van der Waals surface area (Å²) >= 11 is 6.19. The summed E-state index contributed by atoms with van der Waals surface area (Å²) in [6, 6.07) is 15.3. The largest absolute Gasteiger partial charge is 0.314 e. The summed E-state index contributed by atoms with van der Waals surface area (Å²) in [5.74, 6) is 0. The molecular weight excluding hydrogens is 246 g/mol. The van der Waals surface area contributed by atoms with E-state index in [2.05, 4.69) is 0 Å². The summed E-state index contributed by atoms with van der Waals surface area (Å²) in [4.78, 5) is 11.3. The minimum atomic E-state index is 0.624. The molecule has 0 amide bonds. The van der Waals surface area contributed by atoms with Crippen LogP contribution in [0.5, 0.6) is 0 Å². The highest BCUT2D eigenvalue weighted by molar-refractivity contribution is 6.33. The molecule has 0 unspecified atom stereocenters. The van der Waals surface area contributed by atoms with Crippen LogP contribution >= 0.6 is 11.6 Å². The SMILES string of the molecule is O=Cc1c(-c2ccccc2Cl)cc2ccccn12. The minimum Gasteiger partial charge on any atom is -0.314 e. The number of carbonyl (C=O) groups excluding carboxylic acids is 1. The number of aromatic nitrogens is 1. The van der Waals surface area contributed by atoms with Gasteiger partial charge in [0.1, 0.15) is 0 Å². The van der Waals surface area contributed by atoms with Gasteiger partial charge in [-0.1, -0.05) is 35.9 Å². The number of benzene rings is 1. The lowest BCUT2D eigenvalue weighted by Crippen LogP contribution is -1.91. The molecule has 88 valence electrons. The maximum atomic E-state index is 11.3. The number of aldehydes is 1. The maximum absolute atomic E-state index is 11.3. The summed E-state index contributed by atoms with van der Waals surface area (Å²) < 4.78 is 1.87. The Morgan fingerprint density at radius 1 is 1.00 bits per heavy atom. The van der Waals surface area contributed by atoms with Crippen molar-refractivity contribution in [2.24, 2.45) is 0 Å². The summed E-state index contributed by atoms with van der Waals surface area (Å²) in [6.07, 6.45) is 2.74. The van der Waals surface area contributed by atoms with Crippen LogP contribution in [0.15, 0.2) is 54.7 Å². The van der Waals surface area contributed by atoms with Gasteiger partial charge >= 0.3 is 0 Å². The van der Waals surface area contributed by atoms with E-state index in [0.717, 1.165) is 22.9 Å². The minimum absolute atomic E-state index is 0.624. The third-order valence-corrected chi connectivity index (χ3v) is 3.32. The molecule has 0 fully saturated rings. The molecule has 3 rings (SSSR count). The molecule has 0 N–H and O–H groups in total. The van der Waals surface area contributed by atoms with Crippen LogP contribution in [0.3, 0.4) is 0 Å². The van der Waals surface area contributed by atoms with Crippen LogP contribution in [0, 0.1) is 0 Å². The van der Waals surface area contributed by atoms with Crippen LogP contribution < -0.4 is 0 Å². The normalized spacial score (nSPS) is 10.7. The first-order chi connectivity index (χ1) is 8.81. The first kappa shape index (κ1) is 11.1. The van der Waals surface area contributed by atoms with Crippen molar-refractivity contribution in [1.29, 1.82) is 0 Å². The Morgan fingerprint density at radius 2 is 1.78 bits per heavy atom. The Bertz CT molecular complexity index is 730. The zero-order valence-corrected chi connectivity index (χ0v) is 10.3. The van der Waals surface area contributed by atoms with Crippen LogP contribution in [-0.4, -0.2) is 10.7 Å². The summed E-state index contributed by atoms with van der Waals surface area (Å²) in [5, 5.41) is 0.650. The fraction of sp³-hybridized carbons (Fsp3) is 0. The molecule has 0 aliphatic heterocycles. The molecule has 1 aromatic carbocycles. The molecule has 0 bridgehead atoms. The number of hydrogen-bond acceptors (Lipinski definition) is 1. The van der Waals surface area contributed by atoms with Gasteiger partial charge < -0.3 is 4.40 Å². The average molecular weight is 256 g/mol. The van der Waals surface area contributed by atoms with E-state index >= 15 is 0 Å². The molecule has 3 aromatic rings. The van der Waals surface area contributed by atoms with E-state index in [1.165, 1.54) is 0 Å². The van der Waals surface area contributed by atoms with E-state index in [4.69, 9.17) is 11.6 Å². The van der Waals surface area contributed by atoms with Gasteiger partial charge in [0, 0.05) is 27.9 Å². The van der Waals surface area contributed by atoms with Gasteiger partial charge in [0.15, 0.2) is 6.29 Å². The molecule has 0 saturated heterocycles. The second-order valence-electron chi connectivity index (χ2n) is 4.04. The van der Waals surface area contributed by atoms with Crippen LogP contribution in [0.4, 0.5) is 0 Å². The molecule has 0 aliphatic rings. The highest BCUT2D eigenvalue weighted by atomic mass is 35.5. The first-order valence-electron chi connectivity index (χ1n) is 5.61. The van der Waals surface area contributed by atoms with Crippen LogP contribution in [0.2, 0.25) is 5.02 Å². The summed E-state index contributed by atoms with van der Waals surface area (Å²) in [6.45, 7) is 0. The van der Waals surface area contributed by atoms with Gasteiger partial charge in [-0.3, -0.25) is 4.79 Å². The van der Waals surface area contributed by atoms with Crippen LogP contribution in [-0.2, 0) is 0 Å². The quantitative estimate of drug-likeness (QED) is 0.633. The van der Waals surface area contributed by atoms with E-state index in [1.54, 1.807) is 0 Å². The van der Waals surface area contributed by atoms with E-state index in [9.17, 15) is 4.79 Å². The molecule has 2 aromatic heterocycles. The van der Waals surface area contributed by atoms with Gasteiger partial charge in [0.05, 0.1) is 5.69 Å². The lowest BCUT2D eigenvalue weighted by molar-refractivity contribution is 0.111. The van der Waals surface area contributed by atoms with E-state index in [-0.39, 0.29) is 0 Å². The van der Waals surface area contributed by atoms with Crippen molar-refractivity contribution in [3.8, 4) is 11.1 Å². The lowest BCUT2D eigenvalue weighted by atomic mass is 10.1. The number of halogens is 1. The second kappa shape index (κ2) is 4.31. The lowest BCUT2D eigenvalue weighted by Gasteiger charge is -2.02. The van der Waals surface area contributed by atoms with Gasteiger partial charge in [-0.2, -0.15) is 0 Å². The van der Waals surface area contributed by atoms with E-state index in [0.29, 0.717) is 10.7 Å². The molecular formula is C15H10ClNO. The van der Waals surface area contributed by atoms with Crippen molar-refractivity contribution in [1.82, 2.24) is 4.40 Å². The maximum Gasteiger partial charge on any atom is 0.167 e. The highest BCUT2D eigenvalue weighted by Crippen LogP contribution is 2.31. The van der Waals surface area contributed by atoms with Gasteiger partial charge in [-0.05, 0) is 24.3 Å². The van der Waals surface area contributed by atoms with Crippen molar-refractivity contribution in [2.45, 2.75) is 0 Å². The number of carbonyl (C=O) groups is 1. The monoisotopic (exact) mass is 255 g/mol. The number of hydrogen-bond donors (Lipinski definition) is 0. The number of fused-ring (bicyclic) bond motifs is 1. The molecule has 2 nitrogen and oxygen atoms in total. The number of pyridine rings is 1. The molecule has 0 atom stereocenters. The first-order valence-corrected chi connectivity index (χ1v) is 5.99. The molecule has 0 saturated carbocycles. The molecule has 18 heavy (non-hydrogen) atoms. The third kappa shape index (κ3) is 1.62. The highest BCUT2D eigenvalue weighted by Gasteiger charge is 2.12. The zero-order chi connectivity index (χ0) is 12.5. The number of rotatable bonds is 2. The van der Waals surface area contributed by atoms with Crippen LogP contribution in [0.25, 0.3) is 16.6 Å². The van der Waals surface area contributed by atoms with Gasteiger partial charge in [-0.25, -0.2) is 0 Å². The molecule has 0 radical (unpaired) electrons. The number of nitrogens with zero attached hydrogens (tertiary/aromatic N) is 1. The fourth-order valence-corrected chi connectivity index (χ4v) is 2.40. The third-order valence-electron chi connectivity index (χ3n) is 2.99. The standard InChI is InChI=1S/C15H10ClNO/c16-14-7-2-1-6-12(14)13-9-11-5-3-4-8-17(11)15(13)10-18/h1-10H. The Morgan fingerprint density at radius 3 is 2.56 bits per heavy atom. The average Bonchev–Trinajstić information content (AvgIpc) is 2.77. The van der Waals surface area contributed by atoms with Crippen molar-refractivity contribution in [3.63, 3.8) is 0 Å². The summed E-state index contributed by atoms with van der Waals surface area (Å²) in [5.41, 5.74) is 3.35. The van der Waals surface area contributed by atoms with E-state index in [1.807, 2.05) is 59.1 Å². The van der Waals surface area contributed by atoms with E-state index < -0.39 is 0 Å². The topological polar surface area (TPSA) is 21.5 Å². The fourth-order valence-electron chi connectivity index (χ4n) is 2.16. The van der Waals surface area contributed by atoms with Crippen molar-refractivity contribution < 1.29 is 4.79 Å². The predicted octanol–water partition coefficient (Wildman–Crippen LogP) is 4.07. The molecule has 0 spiro atoms. The van der Waals surface area contributed by atoms with Gasteiger partial charge in [-0.15, -0.1) is 0 Å². The Hall–Kier alpha value is -2.06. The Kier molecular flexibility index (Phi) is 2.65. The van der Waals surface area contributed by atoms with Crippen LogP contribution in [0.1, 0.15) is 10.5 Å². The second-order valence-corrected chi connectivity index (χ2v) is 4.44. The zero-order valence-electron chi connectivity index (χ0n) is 9.51. The van der Waals surface area contributed by atoms with Crippen molar-refractivity contribution >= 4 is 23.4 Å². The Labute approximate surface area is 109 Å². The predicted molar refractivity (Wildman–Crippen MR) is 73.2 cm³/mol. The smallest absolute Gasteiger partial charge is 0.167 e. The van der Waals surface area contributed by atoms with Gasteiger partial charge in [0.25, 0.3) is 0 Å². The van der Waals surface area contributed by atoms with Crippen molar-refractivity contribution in [2.75, 3.05) is 0 Å². The molecule has 2 heterocycles. The summed E-state index contributed by atoms with van der Waals surface area (Å²) in [7, 11) is 0.